The van der Waals surface area contributed by atoms with Crippen LogP contribution in [0.5, 0.6) is 11.5 Å². The van der Waals surface area contributed by atoms with Crippen LogP contribution in [0.1, 0.15) is 76.3 Å². The first-order chi connectivity index (χ1) is 33.3. The molecule has 0 unspecified atom stereocenters. The Morgan fingerprint density at radius 2 is 0.971 bits per heavy atom. The monoisotopic (exact) mass is 898 g/mol. The summed E-state index contributed by atoms with van der Waals surface area (Å²) < 4.78 is 9.22. The van der Waals surface area contributed by atoms with Gasteiger partial charge in [-0.15, -0.1) is 0 Å². The van der Waals surface area contributed by atoms with Gasteiger partial charge in [-0.2, -0.15) is 0 Å². The minimum Gasteiger partial charge on any atom is -0.457 e. The van der Waals surface area contributed by atoms with Crippen LogP contribution in [0.15, 0.2) is 212 Å². The van der Waals surface area contributed by atoms with E-state index in [1.54, 1.807) is 0 Å². The van der Waals surface area contributed by atoms with Gasteiger partial charge in [0.1, 0.15) is 24.0 Å². The molecule has 3 heterocycles. The molecule has 10 aromatic rings. The molecule has 5 nitrogen and oxygen atoms in total. The second-order valence-corrected chi connectivity index (χ2v) is 20.6. The minimum absolute atomic E-state index is 0.0242. The molecule has 69 heavy (non-hydrogen) atoms. The summed E-state index contributed by atoms with van der Waals surface area (Å²) >= 11 is 0. The summed E-state index contributed by atoms with van der Waals surface area (Å²) in [5.41, 5.74) is 14.9. The summed E-state index contributed by atoms with van der Waals surface area (Å²) in [5, 5.41) is 2.31. The predicted octanol–water partition coefficient (Wildman–Crippen LogP) is 16.8. The molecule has 0 bridgehead atoms. The van der Waals surface area contributed by atoms with E-state index in [1.807, 2.05) is 6.20 Å². The number of aromatic nitrogens is 2. The third kappa shape index (κ3) is 8.02. The van der Waals surface area contributed by atoms with Gasteiger partial charge >= 0.3 is 0 Å². The molecular weight excluding hydrogens is 841 g/mol. The van der Waals surface area contributed by atoms with Gasteiger partial charge < -0.3 is 14.5 Å². The molecule has 2 aromatic heterocycles. The Bertz CT molecular complexity index is 3490. The van der Waals surface area contributed by atoms with Crippen molar-refractivity contribution in [2.75, 3.05) is 16.5 Å². The number of hydrogen-bond donors (Lipinski definition) is 0. The molecule has 0 radical (unpaired) electrons. The van der Waals surface area contributed by atoms with Crippen molar-refractivity contribution >= 4 is 44.6 Å². The molecule has 0 saturated heterocycles. The maximum absolute atomic E-state index is 6.89. The highest BCUT2D eigenvalue weighted by Crippen LogP contribution is 2.47. The van der Waals surface area contributed by atoms with Crippen LogP contribution in [-0.4, -0.2) is 16.2 Å². The number of ether oxygens (including phenoxy) is 1. The Morgan fingerprint density at radius 1 is 0.406 bits per heavy atom. The van der Waals surface area contributed by atoms with Crippen molar-refractivity contribution in [1.82, 2.24) is 9.55 Å². The lowest BCUT2D eigenvalue weighted by atomic mass is 9.78. The smallest absolute Gasteiger partial charge is 0.137 e. The van der Waals surface area contributed by atoms with Gasteiger partial charge in [0, 0.05) is 51.3 Å². The zero-order valence-electron chi connectivity index (χ0n) is 40.6. The number of nitrogens with zero attached hydrogens (tertiary/aromatic N) is 4. The topological polar surface area (TPSA) is 33.5 Å². The second kappa shape index (κ2) is 17.0. The van der Waals surface area contributed by atoms with E-state index in [9.17, 15) is 0 Å². The molecule has 340 valence electrons. The molecule has 0 saturated carbocycles. The number of para-hydroxylation sites is 2. The van der Waals surface area contributed by atoms with Crippen molar-refractivity contribution in [3.05, 3.63) is 240 Å². The molecule has 0 aliphatic carbocycles. The van der Waals surface area contributed by atoms with Crippen molar-refractivity contribution in [2.24, 2.45) is 0 Å². The third-order valence-electron chi connectivity index (χ3n) is 14.5. The third-order valence-corrected chi connectivity index (χ3v) is 14.5. The fourth-order valence-corrected chi connectivity index (χ4v) is 10.2. The zero-order valence-corrected chi connectivity index (χ0v) is 40.6. The molecule has 0 amide bonds. The van der Waals surface area contributed by atoms with Gasteiger partial charge in [-0.3, -0.25) is 4.57 Å². The van der Waals surface area contributed by atoms with E-state index in [1.165, 1.54) is 55.7 Å². The highest BCUT2D eigenvalue weighted by molar-refractivity contribution is 6.09. The summed E-state index contributed by atoms with van der Waals surface area (Å²) in [7, 11) is 0. The maximum Gasteiger partial charge on any atom is 0.137 e. The van der Waals surface area contributed by atoms with Gasteiger partial charge in [0.05, 0.1) is 22.4 Å². The first-order valence-electron chi connectivity index (χ1n) is 24.1. The zero-order chi connectivity index (χ0) is 47.5. The standard InChI is InChI=1S/C64H58N4O/c1-62(2,3)50-36-45(44-20-11-8-12-21-44)37-52(38-50)67-43-66(57-28-17-18-29-58(57)67)51-26-19-27-53(41-51)69-54-31-33-56-55-32-30-48(63(4,5)46-22-13-9-14-23-46)39-59(55)68(60(56)42-54)61-40-49(34-35-65-61)64(6,7)47-24-15-10-16-25-47/h8-42H,43H2,1-7H3. The Morgan fingerprint density at radius 3 is 1.62 bits per heavy atom. The molecule has 8 aromatic carbocycles. The van der Waals surface area contributed by atoms with Crippen LogP contribution in [0.25, 0.3) is 38.8 Å². The van der Waals surface area contributed by atoms with Gasteiger partial charge in [0.15, 0.2) is 0 Å². The number of fused-ring (bicyclic) bond motifs is 4. The molecule has 0 atom stereocenters. The fraction of sp³-hybridized carbons (Fsp3) is 0.172. The molecule has 11 rings (SSSR count). The van der Waals surface area contributed by atoms with Crippen LogP contribution in [0.2, 0.25) is 0 Å². The van der Waals surface area contributed by atoms with E-state index in [4.69, 9.17) is 9.72 Å². The summed E-state index contributed by atoms with van der Waals surface area (Å²) in [5.74, 6) is 2.39. The Balaban J connectivity index is 0.979. The highest BCUT2D eigenvalue weighted by Gasteiger charge is 2.31. The van der Waals surface area contributed by atoms with Crippen LogP contribution >= 0.6 is 0 Å². The van der Waals surface area contributed by atoms with Crippen LogP contribution in [0, 0.1) is 0 Å². The molecular formula is C64H58N4O. The molecule has 0 spiro atoms. The highest BCUT2D eigenvalue weighted by atomic mass is 16.5. The molecule has 0 N–H and O–H groups in total. The van der Waals surface area contributed by atoms with E-state index >= 15 is 0 Å². The van der Waals surface area contributed by atoms with E-state index in [0.29, 0.717) is 6.67 Å². The normalized spacial score (nSPS) is 13.0. The molecule has 0 fully saturated rings. The Kier molecular flexibility index (Phi) is 10.8. The van der Waals surface area contributed by atoms with Crippen molar-refractivity contribution in [3.8, 4) is 28.4 Å². The van der Waals surface area contributed by atoms with Crippen molar-refractivity contribution < 1.29 is 4.74 Å². The summed E-state index contributed by atoms with van der Waals surface area (Å²) in [6, 6.07) is 74.3. The van der Waals surface area contributed by atoms with Gasteiger partial charge in [0.2, 0.25) is 0 Å². The quantitative estimate of drug-likeness (QED) is 0.137. The maximum atomic E-state index is 6.89. The predicted molar refractivity (Wildman–Crippen MR) is 288 cm³/mol. The number of benzene rings is 8. The van der Waals surface area contributed by atoms with Crippen molar-refractivity contribution in [2.45, 2.75) is 64.7 Å². The first-order valence-corrected chi connectivity index (χ1v) is 24.1. The Labute approximate surface area is 406 Å². The van der Waals surface area contributed by atoms with Crippen LogP contribution in [0.4, 0.5) is 22.7 Å². The summed E-state index contributed by atoms with van der Waals surface area (Å²) in [4.78, 5) is 9.93. The number of pyridine rings is 1. The van der Waals surface area contributed by atoms with Gasteiger partial charge in [0.25, 0.3) is 0 Å². The second-order valence-electron chi connectivity index (χ2n) is 20.6. The number of rotatable bonds is 10. The van der Waals surface area contributed by atoms with Gasteiger partial charge in [-0.1, -0.05) is 176 Å². The fourth-order valence-electron chi connectivity index (χ4n) is 10.2. The minimum atomic E-state index is -0.244. The first kappa shape index (κ1) is 43.7. The lowest BCUT2D eigenvalue weighted by Gasteiger charge is -2.27. The van der Waals surface area contributed by atoms with Gasteiger partial charge in [-0.25, -0.2) is 4.98 Å². The van der Waals surface area contributed by atoms with Crippen LogP contribution < -0.4 is 14.5 Å². The van der Waals surface area contributed by atoms with E-state index in [2.05, 4.69) is 269 Å². The lowest BCUT2D eigenvalue weighted by molar-refractivity contribution is 0.483. The van der Waals surface area contributed by atoms with Crippen LogP contribution in [0.3, 0.4) is 0 Å². The number of anilines is 4. The molecule has 5 heteroatoms. The van der Waals surface area contributed by atoms with Crippen molar-refractivity contribution in [1.29, 1.82) is 0 Å². The summed E-state index contributed by atoms with van der Waals surface area (Å²) in [6.45, 7) is 16.7. The van der Waals surface area contributed by atoms with E-state index in [-0.39, 0.29) is 16.2 Å². The SMILES string of the molecule is CC(C)(C)c1cc(-c2ccccc2)cc(N2CN(c3cccc(Oc4ccc5c6ccc(C(C)(C)c7ccccc7)cc6n(-c6cc(C(C)(C)c7ccccc7)ccn6)c5c4)c3)c3ccccc32)c1. The van der Waals surface area contributed by atoms with Gasteiger partial charge in [-0.05, 0) is 111 Å². The largest absolute Gasteiger partial charge is 0.457 e. The molecule has 1 aliphatic heterocycles. The Hall–Kier alpha value is -7.89. The van der Waals surface area contributed by atoms with E-state index in [0.717, 1.165) is 45.1 Å². The number of hydrogen-bond acceptors (Lipinski definition) is 4. The molecule has 1 aliphatic rings. The average Bonchev–Trinajstić information content (AvgIpc) is 3.93. The summed E-state index contributed by atoms with van der Waals surface area (Å²) in [6.07, 6.45) is 1.96. The van der Waals surface area contributed by atoms with Crippen LogP contribution in [-0.2, 0) is 16.2 Å². The van der Waals surface area contributed by atoms with E-state index < -0.39 is 0 Å². The average molecular weight is 899 g/mol. The lowest BCUT2D eigenvalue weighted by Crippen LogP contribution is -2.24. The van der Waals surface area contributed by atoms with Crippen molar-refractivity contribution in [3.63, 3.8) is 0 Å².